The van der Waals surface area contributed by atoms with Crippen molar-refractivity contribution in [3.05, 3.63) is 23.8 Å². The van der Waals surface area contributed by atoms with Crippen LogP contribution in [0.1, 0.15) is 26.3 Å². The molecule has 3 atom stereocenters. The molecular formula is C18H27N3O4. The molecule has 2 amide bonds. The predicted octanol–water partition coefficient (Wildman–Crippen LogP) is 1.71. The van der Waals surface area contributed by atoms with Gasteiger partial charge >= 0.3 is 6.03 Å². The summed E-state index contributed by atoms with van der Waals surface area (Å²) in [4.78, 5) is 14.5. The molecule has 0 aliphatic carbocycles. The Morgan fingerprint density at radius 3 is 2.76 bits per heavy atom. The number of carbonyl (C=O) groups excluding carboxylic acids is 1. The van der Waals surface area contributed by atoms with Crippen molar-refractivity contribution in [1.29, 1.82) is 0 Å². The summed E-state index contributed by atoms with van der Waals surface area (Å²) >= 11 is 0. The molecule has 1 saturated heterocycles. The second-order valence-electron chi connectivity index (χ2n) is 6.77. The van der Waals surface area contributed by atoms with E-state index >= 15 is 0 Å². The van der Waals surface area contributed by atoms with E-state index in [0.717, 1.165) is 24.4 Å². The Bertz CT molecular complexity index is 600. The SMILES string of the molecule is CC1CN(C(C)CNC(=O)NCc2cccc3c2OCO3)CC(C)O1. The van der Waals surface area contributed by atoms with Crippen LogP contribution in [0.5, 0.6) is 11.5 Å². The maximum Gasteiger partial charge on any atom is 0.315 e. The maximum atomic E-state index is 12.1. The number of amides is 2. The number of nitrogens with zero attached hydrogens (tertiary/aromatic N) is 1. The molecule has 0 aromatic heterocycles. The minimum absolute atomic E-state index is 0.183. The Morgan fingerprint density at radius 2 is 2.00 bits per heavy atom. The highest BCUT2D eigenvalue weighted by Crippen LogP contribution is 2.35. The summed E-state index contributed by atoms with van der Waals surface area (Å²) in [6.07, 6.45) is 0.449. The molecule has 0 saturated carbocycles. The lowest BCUT2D eigenvalue weighted by Gasteiger charge is -2.38. The number of fused-ring (bicyclic) bond motifs is 1. The van der Waals surface area contributed by atoms with Crippen molar-refractivity contribution in [2.24, 2.45) is 0 Å². The fourth-order valence-electron chi connectivity index (χ4n) is 3.31. The van der Waals surface area contributed by atoms with E-state index in [-0.39, 0.29) is 31.1 Å². The lowest BCUT2D eigenvalue weighted by Crippen LogP contribution is -2.52. The Morgan fingerprint density at radius 1 is 1.24 bits per heavy atom. The molecule has 1 fully saturated rings. The average molecular weight is 349 g/mol. The third-order valence-electron chi connectivity index (χ3n) is 4.55. The highest BCUT2D eigenvalue weighted by molar-refractivity contribution is 5.74. The minimum Gasteiger partial charge on any atom is -0.454 e. The molecule has 1 aromatic carbocycles. The van der Waals surface area contributed by atoms with Crippen LogP contribution in [0, 0.1) is 0 Å². The molecule has 2 heterocycles. The van der Waals surface area contributed by atoms with Crippen LogP contribution in [0.25, 0.3) is 0 Å². The van der Waals surface area contributed by atoms with Gasteiger partial charge in [0.25, 0.3) is 0 Å². The van der Waals surface area contributed by atoms with E-state index in [4.69, 9.17) is 14.2 Å². The molecule has 1 aromatic rings. The van der Waals surface area contributed by atoms with Crippen molar-refractivity contribution < 1.29 is 19.0 Å². The molecule has 25 heavy (non-hydrogen) atoms. The van der Waals surface area contributed by atoms with Crippen molar-refractivity contribution in [3.63, 3.8) is 0 Å². The van der Waals surface area contributed by atoms with Crippen molar-refractivity contribution in [2.45, 2.75) is 45.6 Å². The number of hydrogen-bond donors (Lipinski definition) is 2. The molecule has 138 valence electrons. The van der Waals surface area contributed by atoms with Gasteiger partial charge in [-0.3, -0.25) is 4.90 Å². The van der Waals surface area contributed by atoms with Crippen LogP contribution in [-0.2, 0) is 11.3 Å². The van der Waals surface area contributed by atoms with Gasteiger partial charge in [-0.05, 0) is 26.8 Å². The average Bonchev–Trinajstić information content (AvgIpc) is 3.06. The van der Waals surface area contributed by atoms with Gasteiger partial charge in [0.1, 0.15) is 0 Å². The van der Waals surface area contributed by atoms with Crippen LogP contribution >= 0.6 is 0 Å². The van der Waals surface area contributed by atoms with Crippen molar-refractivity contribution in [2.75, 3.05) is 26.4 Å². The van der Waals surface area contributed by atoms with Crippen LogP contribution in [0.15, 0.2) is 18.2 Å². The molecule has 2 aliphatic heterocycles. The smallest absolute Gasteiger partial charge is 0.315 e. The summed E-state index contributed by atoms with van der Waals surface area (Å²) in [5.41, 5.74) is 0.911. The van der Waals surface area contributed by atoms with Gasteiger partial charge in [0.05, 0.1) is 12.2 Å². The molecule has 2 aliphatic rings. The predicted molar refractivity (Wildman–Crippen MR) is 93.8 cm³/mol. The van der Waals surface area contributed by atoms with Crippen LogP contribution in [0.4, 0.5) is 4.79 Å². The highest BCUT2D eigenvalue weighted by atomic mass is 16.7. The number of ether oxygens (including phenoxy) is 3. The number of hydrogen-bond acceptors (Lipinski definition) is 5. The van der Waals surface area contributed by atoms with E-state index in [1.807, 2.05) is 18.2 Å². The van der Waals surface area contributed by atoms with E-state index in [2.05, 4.69) is 36.3 Å². The Hall–Kier alpha value is -1.99. The van der Waals surface area contributed by atoms with Crippen molar-refractivity contribution >= 4 is 6.03 Å². The van der Waals surface area contributed by atoms with Gasteiger partial charge in [0.2, 0.25) is 6.79 Å². The summed E-state index contributed by atoms with van der Waals surface area (Å²) in [6, 6.07) is 5.76. The monoisotopic (exact) mass is 349 g/mol. The summed E-state index contributed by atoms with van der Waals surface area (Å²) in [7, 11) is 0. The number of rotatable bonds is 5. The minimum atomic E-state index is -0.183. The summed E-state index contributed by atoms with van der Waals surface area (Å²) in [5, 5.41) is 5.82. The van der Waals surface area contributed by atoms with Gasteiger partial charge in [-0.15, -0.1) is 0 Å². The normalized spacial score (nSPS) is 24.0. The van der Waals surface area contributed by atoms with Gasteiger partial charge in [0, 0.05) is 37.8 Å². The Labute approximate surface area is 148 Å². The molecule has 2 N–H and O–H groups in total. The maximum absolute atomic E-state index is 12.1. The highest BCUT2D eigenvalue weighted by Gasteiger charge is 2.25. The lowest BCUT2D eigenvalue weighted by molar-refractivity contribution is -0.0778. The first-order valence-electron chi connectivity index (χ1n) is 8.81. The van der Waals surface area contributed by atoms with Crippen LogP contribution < -0.4 is 20.1 Å². The zero-order valence-electron chi connectivity index (χ0n) is 15.1. The van der Waals surface area contributed by atoms with Crippen LogP contribution in [0.2, 0.25) is 0 Å². The third-order valence-corrected chi connectivity index (χ3v) is 4.55. The van der Waals surface area contributed by atoms with Gasteiger partial charge in [-0.2, -0.15) is 0 Å². The van der Waals surface area contributed by atoms with Crippen molar-refractivity contribution in [1.82, 2.24) is 15.5 Å². The molecule has 3 rings (SSSR count). The number of morpholine rings is 1. The molecule has 0 radical (unpaired) electrons. The second kappa shape index (κ2) is 7.93. The molecular weight excluding hydrogens is 322 g/mol. The van der Waals surface area contributed by atoms with Gasteiger partial charge in [0.15, 0.2) is 11.5 Å². The zero-order valence-corrected chi connectivity index (χ0v) is 15.1. The third kappa shape index (κ3) is 4.55. The van der Waals surface area contributed by atoms with E-state index in [1.54, 1.807) is 0 Å². The molecule has 7 heteroatoms. The molecule has 3 unspecified atom stereocenters. The number of nitrogens with one attached hydrogen (secondary N) is 2. The first-order chi connectivity index (χ1) is 12.0. The van der Waals surface area contributed by atoms with E-state index in [9.17, 15) is 4.79 Å². The van der Waals surface area contributed by atoms with E-state index in [0.29, 0.717) is 18.8 Å². The number of para-hydroxylation sites is 1. The zero-order chi connectivity index (χ0) is 17.8. The van der Waals surface area contributed by atoms with Crippen LogP contribution in [-0.4, -0.2) is 55.6 Å². The Kier molecular flexibility index (Phi) is 5.65. The Balaban J connectivity index is 1.43. The fraction of sp³-hybridized carbons (Fsp3) is 0.611. The van der Waals surface area contributed by atoms with E-state index in [1.165, 1.54) is 0 Å². The summed E-state index contributed by atoms with van der Waals surface area (Å²) in [5.74, 6) is 1.44. The second-order valence-corrected chi connectivity index (χ2v) is 6.77. The lowest BCUT2D eigenvalue weighted by atomic mass is 10.1. The molecule has 0 spiro atoms. The molecule has 7 nitrogen and oxygen atoms in total. The first-order valence-corrected chi connectivity index (χ1v) is 8.81. The number of urea groups is 1. The largest absolute Gasteiger partial charge is 0.454 e. The number of carbonyl (C=O) groups is 1. The fourth-order valence-corrected chi connectivity index (χ4v) is 3.31. The topological polar surface area (TPSA) is 72.1 Å². The quantitative estimate of drug-likeness (QED) is 0.847. The van der Waals surface area contributed by atoms with Gasteiger partial charge in [-0.1, -0.05) is 12.1 Å². The first kappa shape index (κ1) is 17.8. The van der Waals surface area contributed by atoms with Crippen LogP contribution in [0.3, 0.4) is 0 Å². The van der Waals surface area contributed by atoms with Crippen molar-refractivity contribution in [3.8, 4) is 11.5 Å². The standard InChI is InChI=1S/C18H27N3O4/c1-12(21-9-13(2)25-14(3)10-21)7-19-18(22)20-8-15-5-4-6-16-17(15)24-11-23-16/h4-6,12-14H,7-11H2,1-3H3,(H2,19,20,22). The van der Waals surface area contributed by atoms with Gasteiger partial charge < -0.3 is 24.8 Å². The summed E-state index contributed by atoms with van der Waals surface area (Å²) < 4.78 is 16.5. The number of benzene rings is 1. The molecule has 0 bridgehead atoms. The van der Waals surface area contributed by atoms with E-state index < -0.39 is 0 Å². The summed E-state index contributed by atoms with van der Waals surface area (Å²) in [6.45, 7) is 9.30. The van der Waals surface area contributed by atoms with Gasteiger partial charge in [-0.25, -0.2) is 4.79 Å².